The molecule has 5 nitrogen and oxygen atoms in total. The highest BCUT2D eigenvalue weighted by Gasteiger charge is 2.30. The van der Waals surface area contributed by atoms with Gasteiger partial charge in [0.25, 0.3) is 5.78 Å². The van der Waals surface area contributed by atoms with E-state index in [1.54, 1.807) is 0 Å². The lowest BCUT2D eigenvalue weighted by Crippen LogP contribution is -2.34. The molecule has 0 N–H and O–H groups in total. The van der Waals surface area contributed by atoms with Crippen molar-refractivity contribution in [3.8, 4) is 0 Å². The van der Waals surface area contributed by atoms with E-state index in [0.29, 0.717) is 6.42 Å². The predicted molar refractivity (Wildman–Crippen MR) is 54.5 cm³/mol. The van der Waals surface area contributed by atoms with Crippen molar-refractivity contribution in [2.45, 2.75) is 32.3 Å². The number of allylic oxidation sites excluding steroid dienone is 1. The zero-order chi connectivity index (χ0) is 12.0. The number of rotatable bonds is 5. The molecule has 0 fully saturated rings. The summed E-state index contributed by atoms with van der Waals surface area (Å²) < 4.78 is 9.61. The fourth-order valence-electron chi connectivity index (χ4n) is 1.18. The molecule has 0 radical (unpaired) electrons. The molecule has 0 aromatic carbocycles. The van der Waals surface area contributed by atoms with E-state index in [0.717, 1.165) is 12.7 Å². The Morgan fingerprint density at radius 1 is 1.56 bits per heavy atom. The SMILES string of the molecule is CCCCOC(=O)C(=O)[C@@H]1CC(=O)C=CO1. The van der Waals surface area contributed by atoms with Gasteiger partial charge in [0.05, 0.1) is 19.3 Å². The van der Waals surface area contributed by atoms with Crippen molar-refractivity contribution in [3.05, 3.63) is 12.3 Å². The lowest BCUT2D eigenvalue weighted by molar-refractivity contribution is -0.158. The molecule has 1 heterocycles. The molecular formula is C11H14O5. The van der Waals surface area contributed by atoms with Crippen LogP contribution in [0, 0.1) is 0 Å². The van der Waals surface area contributed by atoms with Gasteiger partial charge in [0.1, 0.15) is 0 Å². The van der Waals surface area contributed by atoms with E-state index < -0.39 is 17.9 Å². The van der Waals surface area contributed by atoms with Crippen molar-refractivity contribution in [2.24, 2.45) is 0 Å². The molecule has 0 aliphatic carbocycles. The highest BCUT2D eigenvalue weighted by Crippen LogP contribution is 2.09. The Hall–Kier alpha value is -1.65. The molecule has 1 atom stereocenters. The zero-order valence-electron chi connectivity index (χ0n) is 9.10. The van der Waals surface area contributed by atoms with Crippen molar-refractivity contribution >= 4 is 17.5 Å². The minimum absolute atomic E-state index is 0.0990. The summed E-state index contributed by atoms with van der Waals surface area (Å²) in [6, 6.07) is 0. The van der Waals surface area contributed by atoms with Gasteiger partial charge in [0, 0.05) is 6.08 Å². The van der Waals surface area contributed by atoms with Crippen LogP contribution >= 0.6 is 0 Å². The first-order chi connectivity index (χ1) is 7.65. The number of esters is 1. The minimum Gasteiger partial charge on any atom is -0.489 e. The average Bonchev–Trinajstić information content (AvgIpc) is 2.28. The van der Waals surface area contributed by atoms with Crippen molar-refractivity contribution in [1.29, 1.82) is 0 Å². The lowest BCUT2D eigenvalue weighted by Gasteiger charge is -2.16. The molecule has 1 rings (SSSR count). The van der Waals surface area contributed by atoms with Gasteiger partial charge in [-0.1, -0.05) is 13.3 Å². The summed E-state index contributed by atoms with van der Waals surface area (Å²) in [5, 5.41) is 0. The quantitative estimate of drug-likeness (QED) is 0.393. The van der Waals surface area contributed by atoms with Gasteiger partial charge in [-0.2, -0.15) is 0 Å². The predicted octanol–water partition coefficient (Wildman–Crippen LogP) is 0.770. The van der Waals surface area contributed by atoms with E-state index in [9.17, 15) is 14.4 Å². The Morgan fingerprint density at radius 2 is 2.31 bits per heavy atom. The Kier molecular flexibility index (Phi) is 4.69. The summed E-state index contributed by atoms with van der Waals surface area (Å²) in [5.41, 5.74) is 0. The summed E-state index contributed by atoms with van der Waals surface area (Å²) in [5.74, 6) is -1.96. The van der Waals surface area contributed by atoms with Crippen LogP contribution in [0.5, 0.6) is 0 Å². The molecule has 0 aromatic rings. The van der Waals surface area contributed by atoms with E-state index in [2.05, 4.69) is 0 Å². The zero-order valence-corrected chi connectivity index (χ0v) is 9.10. The smallest absolute Gasteiger partial charge is 0.378 e. The minimum atomic E-state index is -1.02. The number of carbonyl (C=O) groups is 3. The lowest BCUT2D eigenvalue weighted by atomic mass is 10.1. The van der Waals surface area contributed by atoms with E-state index >= 15 is 0 Å². The number of ether oxygens (including phenoxy) is 2. The van der Waals surface area contributed by atoms with Gasteiger partial charge in [-0.3, -0.25) is 9.59 Å². The monoisotopic (exact) mass is 226 g/mol. The summed E-state index contributed by atoms with van der Waals surface area (Å²) in [6.45, 7) is 2.17. The first-order valence-corrected chi connectivity index (χ1v) is 5.21. The molecule has 1 aliphatic rings. The van der Waals surface area contributed by atoms with Crippen molar-refractivity contribution < 1.29 is 23.9 Å². The van der Waals surface area contributed by atoms with Gasteiger partial charge in [0.2, 0.25) is 0 Å². The number of hydrogen-bond donors (Lipinski definition) is 0. The van der Waals surface area contributed by atoms with E-state index in [1.807, 2.05) is 6.92 Å². The Bertz CT molecular complexity index is 318. The molecular weight excluding hydrogens is 212 g/mol. The van der Waals surface area contributed by atoms with Crippen molar-refractivity contribution in [1.82, 2.24) is 0 Å². The van der Waals surface area contributed by atoms with E-state index in [1.165, 1.54) is 6.08 Å². The Labute approximate surface area is 93.4 Å². The Morgan fingerprint density at radius 3 is 2.94 bits per heavy atom. The van der Waals surface area contributed by atoms with Crippen LogP contribution in [0.3, 0.4) is 0 Å². The second-order valence-corrected chi connectivity index (χ2v) is 3.45. The van der Waals surface area contributed by atoms with Crippen LogP contribution in [0.15, 0.2) is 12.3 Å². The topological polar surface area (TPSA) is 69.7 Å². The fourth-order valence-corrected chi connectivity index (χ4v) is 1.18. The normalized spacial score (nSPS) is 19.1. The van der Waals surface area contributed by atoms with Gasteiger partial charge in [-0.15, -0.1) is 0 Å². The third kappa shape index (κ3) is 3.49. The van der Waals surface area contributed by atoms with Gasteiger partial charge in [-0.25, -0.2) is 4.79 Å². The number of hydrogen-bond acceptors (Lipinski definition) is 5. The maximum absolute atomic E-state index is 11.5. The number of unbranched alkanes of at least 4 members (excludes halogenated alkanes) is 1. The van der Waals surface area contributed by atoms with Gasteiger partial charge < -0.3 is 9.47 Å². The van der Waals surface area contributed by atoms with E-state index in [-0.39, 0.29) is 18.8 Å². The third-order valence-corrected chi connectivity index (χ3v) is 2.11. The second kappa shape index (κ2) is 6.05. The molecule has 0 unspecified atom stereocenters. The van der Waals surface area contributed by atoms with Crippen LogP contribution in [-0.4, -0.2) is 30.2 Å². The first-order valence-electron chi connectivity index (χ1n) is 5.21. The standard InChI is InChI=1S/C11H14O5/c1-2-3-5-16-11(14)10(13)9-7-8(12)4-6-15-9/h4,6,9H,2-3,5,7H2,1H3/t9-/m0/s1. The fraction of sp³-hybridized carbons (Fsp3) is 0.545. The molecule has 1 aliphatic heterocycles. The number of carbonyl (C=O) groups excluding carboxylic acids is 3. The summed E-state index contributed by atoms with van der Waals surface area (Å²) >= 11 is 0. The maximum Gasteiger partial charge on any atom is 0.378 e. The molecule has 0 aromatic heterocycles. The van der Waals surface area contributed by atoms with Crippen molar-refractivity contribution in [3.63, 3.8) is 0 Å². The summed E-state index contributed by atoms with van der Waals surface area (Å²) in [4.78, 5) is 33.7. The highest BCUT2D eigenvalue weighted by molar-refractivity contribution is 6.36. The van der Waals surface area contributed by atoms with Crippen LogP contribution in [0.1, 0.15) is 26.2 Å². The average molecular weight is 226 g/mol. The largest absolute Gasteiger partial charge is 0.489 e. The third-order valence-electron chi connectivity index (χ3n) is 2.11. The molecule has 0 saturated carbocycles. The molecule has 16 heavy (non-hydrogen) atoms. The maximum atomic E-state index is 11.5. The first kappa shape index (κ1) is 12.4. The second-order valence-electron chi connectivity index (χ2n) is 3.45. The number of Topliss-reactive ketones (excluding diaryl/α,β-unsaturated/α-hetero) is 1. The van der Waals surface area contributed by atoms with Gasteiger partial charge in [-0.05, 0) is 6.42 Å². The molecule has 0 amide bonds. The summed E-state index contributed by atoms with van der Waals surface area (Å²) in [6.07, 6.45) is 2.83. The molecule has 5 heteroatoms. The van der Waals surface area contributed by atoms with Crippen LogP contribution < -0.4 is 0 Å². The molecule has 88 valence electrons. The highest BCUT2D eigenvalue weighted by atomic mass is 16.5. The van der Waals surface area contributed by atoms with Gasteiger partial charge in [0.15, 0.2) is 11.9 Å². The van der Waals surface area contributed by atoms with Crippen molar-refractivity contribution in [2.75, 3.05) is 6.61 Å². The van der Waals surface area contributed by atoms with Crippen LogP contribution in [0.4, 0.5) is 0 Å². The summed E-state index contributed by atoms with van der Waals surface area (Å²) in [7, 11) is 0. The molecule has 0 spiro atoms. The number of ketones is 2. The van der Waals surface area contributed by atoms with E-state index in [4.69, 9.17) is 9.47 Å². The molecule has 0 bridgehead atoms. The van der Waals surface area contributed by atoms with Crippen LogP contribution in [0.25, 0.3) is 0 Å². The van der Waals surface area contributed by atoms with Crippen LogP contribution in [-0.2, 0) is 23.9 Å². The Balaban J connectivity index is 2.41. The molecule has 0 saturated heterocycles. The van der Waals surface area contributed by atoms with Gasteiger partial charge >= 0.3 is 5.97 Å². The van der Waals surface area contributed by atoms with Crippen LogP contribution in [0.2, 0.25) is 0 Å².